The van der Waals surface area contributed by atoms with Crippen LogP contribution in [0, 0.1) is 13.8 Å². The SMILES string of the molecule is CCCN(CCC)C(=O)c1cccc(NC(=O)CNc2c(C)cccc2C)c1. The number of aryl methyl sites for hydroxylation is 2. The Labute approximate surface area is 168 Å². The average molecular weight is 382 g/mol. The second-order valence-corrected chi connectivity index (χ2v) is 7.04. The summed E-state index contributed by atoms with van der Waals surface area (Å²) in [5.41, 5.74) is 4.42. The summed E-state index contributed by atoms with van der Waals surface area (Å²) < 4.78 is 0. The Morgan fingerprint density at radius 3 is 2.14 bits per heavy atom. The molecule has 5 nitrogen and oxygen atoms in total. The lowest BCUT2D eigenvalue weighted by Gasteiger charge is -2.21. The van der Waals surface area contributed by atoms with Gasteiger partial charge < -0.3 is 15.5 Å². The Balaban J connectivity index is 2.01. The summed E-state index contributed by atoms with van der Waals surface area (Å²) >= 11 is 0. The van der Waals surface area contributed by atoms with Crippen LogP contribution >= 0.6 is 0 Å². The number of carbonyl (C=O) groups excluding carboxylic acids is 2. The first-order chi connectivity index (χ1) is 13.5. The molecule has 2 aromatic rings. The van der Waals surface area contributed by atoms with Gasteiger partial charge in [-0.3, -0.25) is 9.59 Å². The van der Waals surface area contributed by atoms with Crippen LogP contribution in [-0.2, 0) is 4.79 Å². The van der Waals surface area contributed by atoms with Gasteiger partial charge in [0.25, 0.3) is 5.91 Å². The van der Waals surface area contributed by atoms with E-state index in [1.165, 1.54) is 0 Å². The fraction of sp³-hybridized carbons (Fsp3) is 0.391. The van der Waals surface area contributed by atoms with Crippen molar-refractivity contribution in [3.63, 3.8) is 0 Å². The van der Waals surface area contributed by atoms with E-state index in [4.69, 9.17) is 0 Å². The Bertz CT molecular complexity index is 791. The van der Waals surface area contributed by atoms with Gasteiger partial charge in [0.15, 0.2) is 0 Å². The van der Waals surface area contributed by atoms with Gasteiger partial charge in [-0.1, -0.05) is 38.1 Å². The van der Waals surface area contributed by atoms with Gasteiger partial charge in [0.05, 0.1) is 6.54 Å². The largest absolute Gasteiger partial charge is 0.376 e. The van der Waals surface area contributed by atoms with E-state index in [0.29, 0.717) is 11.3 Å². The second kappa shape index (κ2) is 10.5. The van der Waals surface area contributed by atoms with Gasteiger partial charge in [0.1, 0.15) is 0 Å². The van der Waals surface area contributed by atoms with E-state index in [0.717, 1.165) is 42.7 Å². The molecule has 0 aromatic heterocycles. The highest BCUT2D eigenvalue weighted by molar-refractivity contribution is 5.98. The number of rotatable bonds is 9. The highest BCUT2D eigenvalue weighted by Crippen LogP contribution is 2.19. The number of nitrogens with zero attached hydrogens (tertiary/aromatic N) is 1. The van der Waals surface area contributed by atoms with Crippen LogP contribution < -0.4 is 10.6 Å². The molecule has 0 unspecified atom stereocenters. The third-order valence-electron chi connectivity index (χ3n) is 4.57. The van der Waals surface area contributed by atoms with E-state index >= 15 is 0 Å². The van der Waals surface area contributed by atoms with Crippen molar-refractivity contribution in [1.82, 2.24) is 4.90 Å². The molecular formula is C23H31N3O2. The van der Waals surface area contributed by atoms with Gasteiger partial charge in [0, 0.05) is 30.0 Å². The van der Waals surface area contributed by atoms with Crippen LogP contribution in [0.15, 0.2) is 42.5 Å². The lowest BCUT2D eigenvalue weighted by Crippen LogP contribution is -2.32. The lowest BCUT2D eigenvalue weighted by atomic mass is 10.1. The lowest BCUT2D eigenvalue weighted by molar-refractivity contribution is -0.114. The normalized spacial score (nSPS) is 10.4. The van der Waals surface area contributed by atoms with Crippen LogP contribution in [0.1, 0.15) is 48.2 Å². The highest BCUT2D eigenvalue weighted by Gasteiger charge is 2.15. The van der Waals surface area contributed by atoms with Crippen molar-refractivity contribution >= 4 is 23.2 Å². The molecule has 28 heavy (non-hydrogen) atoms. The smallest absolute Gasteiger partial charge is 0.253 e. The first-order valence-corrected chi connectivity index (χ1v) is 9.95. The van der Waals surface area contributed by atoms with E-state index in [9.17, 15) is 9.59 Å². The topological polar surface area (TPSA) is 61.4 Å². The van der Waals surface area contributed by atoms with E-state index in [1.807, 2.05) is 36.9 Å². The minimum Gasteiger partial charge on any atom is -0.376 e. The molecule has 2 rings (SSSR count). The summed E-state index contributed by atoms with van der Waals surface area (Å²) in [5, 5.41) is 6.08. The fourth-order valence-corrected chi connectivity index (χ4v) is 3.23. The van der Waals surface area contributed by atoms with Crippen molar-refractivity contribution in [2.75, 3.05) is 30.3 Å². The van der Waals surface area contributed by atoms with Crippen molar-refractivity contribution < 1.29 is 9.59 Å². The average Bonchev–Trinajstić information content (AvgIpc) is 2.67. The number of anilines is 2. The van der Waals surface area contributed by atoms with Gasteiger partial charge in [-0.2, -0.15) is 0 Å². The predicted octanol–water partition coefficient (Wildman–Crippen LogP) is 4.62. The minimum atomic E-state index is -0.147. The Morgan fingerprint density at radius 1 is 0.929 bits per heavy atom. The molecule has 0 spiro atoms. The maximum Gasteiger partial charge on any atom is 0.253 e. The van der Waals surface area contributed by atoms with Gasteiger partial charge in [-0.25, -0.2) is 0 Å². The number of carbonyl (C=O) groups is 2. The minimum absolute atomic E-state index is 0.00783. The van der Waals surface area contributed by atoms with E-state index in [1.54, 1.807) is 24.3 Å². The first-order valence-electron chi connectivity index (χ1n) is 9.95. The number of hydrogen-bond donors (Lipinski definition) is 2. The molecule has 2 aromatic carbocycles. The maximum atomic E-state index is 12.7. The summed E-state index contributed by atoms with van der Waals surface area (Å²) in [5.74, 6) is -0.139. The molecule has 0 atom stereocenters. The van der Waals surface area contributed by atoms with Crippen molar-refractivity contribution in [2.24, 2.45) is 0 Å². The summed E-state index contributed by atoms with van der Waals surface area (Å²) in [7, 11) is 0. The molecule has 0 aliphatic rings. The number of benzene rings is 2. The molecule has 0 aliphatic carbocycles. The molecule has 0 fully saturated rings. The molecule has 5 heteroatoms. The monoisotopic (exact) mass is 381 g/mol. The van der Waals surface area contributed by atoms with Crippen LogP contribution in [0.4, 0.5) is 11.4 Å². The van der Waals surface area contributed by atoms with Crippen molar-refractivity contribution in [3.8, 4) is 0 Å². The van der Waals surface area contributed by atoms with E-state index in [-0.39, 0.29) is 18.4 Å². The molecule has 0 saturated carbocycles. The third-order valence-corrected chi connectivity index (χ3v) is 4.57. The number of nitrogens with one attached hydrogen (secondary N) is 2. The van der Waals surface area contributed by atoms with Crippen LogP contribution in [0.25, 0.3) is 0 Å². The van der Waals surface area contributed by atoms with Gasteiger partial charge in [-0.05, 0) is 56.0 Å². The molecule has 0 radical (unpaired) electrons. The molecule has 0 saturated heterocycles. The quantitative estimate of drug-likeness (QED) is 0.666. The zero-order valence-corrected chi connectivity index (χ0v) is 17.3. The molecular weight excluding hydrogens is 350 g/mol. The third kappa shape index (κ3) is 5.84. The second-order valence-electron chi connectivity index (χ2n) is 7.04. The van der Waals surface area contributed by atoms with E-state index in [2.05, 4.69) is 24.5 Å². The molecule has 2 amide bonds. The molecule has 2 N–H and O–H groups in total. The van der Waals surface area contributed by atoms with Crippen molar-refractivity contribution in [3.05, 3.63) is 59.2 Å². The number of para-hydroxylation sites is 1. The summed E-state index contributed by atoms with van der Waals surface area (Å²) in [6.45, 7) is 9.81. The first kappa shape index (κ1) is 21.5. The zero-order valence-electron chi connectivity index (χ0n) is 17.3. The summed E-state index contributed by atoms with van der Waals surface area (Å²) in [6, 6.07) is 13.2. The van der Waals surface area contributed by atoms with Gasteiger partial charge in [0.2, 0.25) is 5.91 Å². The standard InChI is InChI=1S/C23H31N3O2/c1-5-13-26(14-6-2)23(28)19-11-8-12-20(15-19)25-21(27)16-24-22-17(3)9-7-10-18(22)4/h7-12,15,24H,5-6,13-14,16H2,1-4H3,(H,25,27). The highest BCUT2D eigenvalue weighted by atomic mass is 16.2. The number of hydrogen-bond acceptors (Lipinski definition) is 3. The van der Waals surface area contributed by atoms with Crippen molar-refractivity contribution in [2.45, 2.75) is 40.5 Å². The molecule has 0 bridgehead atoms. The Hall–Kier alpha value is -2.82. The zero-order chi connectivity index (χ0) is 20.5. The van der Waals surface area contributed by atoms with Crippen LogP contribution in [0.5, 0.6) is 0 Å². The van der Waals surface area contributed by atoms with Gasteiger partial charge >= 0.3 is 0 Å². The number of amides is 2. The Morgan fingerprint density at radius 2 is 1.54 bits per heavy atom. The molecule has 150 valence electrons. The summed E-state index contributed by atoms with van der Waals surface area (Å²) in [6.07, 6.45) is 1.85. The summed E-state index contributed by atoms with van der Waals surface area (Å²) in [4.78, 5) is 27.0. The molecule has 0 heterocycles. The van der Waals surface area contributed by atoms with E-state index < -0.39 is 0 Å². The van der Waals surface area contributed by atoms with Crippen LogP contribution in [0.3, 0.4) is 0 Å². The van der Waals surface area contributed by atoms with Gasteiger partial charge in [-0.15, -0.1) is 0 Å². The Kier molecular flexibility index (Phi) is 8.05. The predicted molar refractivity (Wildman–Crippen MR) is 116 cm³/mol. The van der Waals surface area contributed by atoms with Crippen LogP contribution in [-0.4, -0.2) is 36.3 Å². The molecule has 0 aliphatic heterocycles. The van der Waals surface area contributed by atoms with Crippen molar-refractivity contribution in [1.29, 1.82) is 0 Å². The maximum absolute atomic E-state index is 12.7. The fourth-order valence-electron chi connectivity index (χ4n) is 3.23. The van der Waals surface area contributed by atoms with Crippen LogP contribution in [0.2, 0.25) is 0 Å².